The number of likely N-dealkylation sites (tertiary alicyclic amines) is 1. The third kappa shape index (κ3) is 2.81. The first-order chi connectivity index (χ1) is 7.10. The zero-order valence-electron chi connectivity index (χ0n) is 10.1. The van der Waals surface area contributed by atoms with Gasteiger partial charge in [-0.15, -0.1) is 0 Å². The number of hydrogen-bond acceptors (Lipinski definition) is 2. The van der Waals surface area contributed by atoms with E-state index in [0.717, 1.165) is 25.9 Å². The highest BCUT2D eigenvalue weighted by atomic mass is 16.2. The van der Waals surface area contributed by atoms with Gasteiger partial charge >= 0.3 is 0 Å². The van der Waals surface area contributed by atoms with Gasteiger partial charge in [-0.25, -0.2) is 0 Å². The highest BCUT2D eigenvalue weighted by Crippen LogP contribution is 2.20. The van der Waals surface area contributed by atoms with Crippen LogP contribution in [0.5, 0.6) is 0 Å². The average molecular weight is 210 g/mol. The van der Waals surface area contributed by atoms with Crippen LogP contribution in [0.4, 0.5) is 0 Å². The molecule has 0 aromatic heterocycles. The Hall–Kier alpha value is -0.830. The van der Waals surface area contributed by atoms with Crippen molar-refractivity contribution in [3.8, 4) is 0 Å². The lowest BCUT2D eigenvalue weighted by atomic mass is 9.97. The number of carbonyl (C=O) groups excluding carboxylic acids is 1. The number of hydrogen-bond donors (Lipinski definition) is 0. The summed E-state index contributed by atoms with van der Waals surface area (Å²) in [6.07, 6.45) is 3.55. The minimum absolute atomic E-state index is 0.0390. The summed E-state index contributed by atoms with van der Waals surface area (Å²) in [5.41, 5.74) is 0. The smallest absolute Gasteiger partial charge is 0.245 e. The summed E-state index contributed by atoms with van der Waals surface area (Å²) in [5, 5.41) is 0. The third-order valence-corrected chi connectivity index (χ3v) is 3.46. The molecule has 3 nitrogen and oxygen atoms in total. The molecule has 0 saturated carbocycles. The summed E-state index contributed by atoms with van der Waals surface area (Å²) in [7, 11) is 1.88. The summed E-state index contributed by atoms with van der Waals surface area (Å²) in [5.74, 6) is 0.0390. The number of nitrogens with zero attached hydrogens (tertiary/aromatic N) is 2. The molecule has 1 rings (SSSR count). The van der Waals surface area contributed by atoms with Gasteiger partial charge in [0.05, 0.1) is 0 Å². The van der Waals surface area contributed by atoms with Crippen molar-refractivity contribution in [2.75, 3.05) is 20.1 Å². The second kappa shape index (κ2) is 5.31. The Balaban J connectivity index is 2.53. The summed E-state index contributed by atoms with van der Waals surface area (Å²) < 4.78 is 0. The van der Waals surface area contributed by atoms with Crippen molar-refractivity contribution in [1.29, 1.82) is 0 Å². The SMILES string of the molecule is C=CC(=O)N(C)C1CCN(CC)C(C)C1. The van der Waals surface area contributed by atoms with Gasteiger partial charge in [-0.2, -0.15) is 0 Å². The van der Waals surface area contributed by atoms with Gasteiger partial charge in [0.2, 0.25) is 5.91 Å². The van der Waals surface area contributed by atoms with Crippen LogP contribution >= 0.6 is 0 Å². The van der Waals surface area contributed by atoms with Crippen LogP contribution in [0.3, 0.4) is 0 Å². The molecule has 1 fully saturated rings. The van der Waals surface area contributed by atoms with Crippen LogP contribution in [-0.2, 0) is 4.79 Å². The van der Waals surface area contributed by atoms with Gasteiger partial charge in [0.15, 0.2) is 0 Å². The van der Waals surface area contributed by atoms with E-state index in [1.54, 1.807) is 0 Å². The second-order valence-electron chi connectivity index (χ2n) is 4.31. The second-order valence-corrected chi connectivity index (χ2v) is 4.31. The molecule has 0 aromatic carbocycles. The largest absolute Gasteiger partial charge is 0.339 e. The first-order valence-corrected chi connectivity index (χ1v) is 5.73. The molecule has 0 spiro atoms. The maximum Gasteiger partial charge on any atom is 0.245 e. The van der Waals surface area contributed by atoms with E-state index in [0.29, 0.717) is 12.1 Å². The Kier molecular flexibility index (Phi) is 4.33. The Morgan fingerprint density at radius 3 is 2.80 bits per heavy atom. The lowest BCUT2D eigenvalue weighted by Gasteiger charge is -2.40. The molecular formula is C12H22N2O. The maximum atomic E-state index is 11.5. The number of piperidine rings is 1. The van der Waals surface area contributed by atoms with Crippen LogP contribution in [0.2, 0.25) is 0 Å². The zero-order chi connectivity index (χ0) is 11.4. The van der Waals surface area contributed by atoms with E-state index in [1.807, 2.05) is 11.9 Å². The molecule has 1 amide bonds. The van der Waals surface area contributed by atoms with Crippen LogP contribution in [-0.4, -0.2) is 47.9 Å². The van der Waals surface area contributed by atoms with Crippen molar-refractivity contribution in [1.82, 2.24) is 9.80 Å². The molecule has 1 saturated heterocycles. The lowest BCUT2D eigenvalue weighted by molar-refractivity contribution is -0.127. The van der Waals surface area contributed by atoms with E-state index in [1.165, 1.54) is 6.08 Å². The van der Waals surface area contributed by atoms with E-state index in [4.69, 9.17) is 0 Å². The van der Waals surface area contributed by atoms with Crippen molar-refractivity contribution in [2.45, 2.75) is 38.8 Å². The van der Waals surface area contributed by atoms with Crippen LogP contribution in [0.25, 0.3) is 0 Å². The van der Waals surface area contributed by atoms with E-state index < -0.39 is 0 Å². The highest BCUT2D eigenvalue weighted by Gasteiger charge is 2.27. The first kappa shape index (κ1) is 12.2. The fourth-order valence-corrected chi connectivity index (χ4v) is 2.34. The van der Waals surface area contributed by atoms with Crippen molar-refractivity contribution in [2.24, 2.45) is 0 Å². The molecule has 2 unspecified atom stereocenters. The maximum absolute atomic E-state index is 11.5. The lowest BCUT2D eigenvalue weighted by Crippen LogP contribution is -2.49. The summed E-state index contributed by atoms with van der Waals surface area (Å²) in [4.78, 5) is 15.8. The van der Waals surface area contributed by atoms with Gasteiger partial charge in [-0.1, -0.05) is 13.5 Å². The molecule has 1 aliphatic rings. The molecule has 0 N–H and O–H groups in total. The van der Waals surface area contributed by atoms with Gasteiger partial charge in [0.1, 0.15) is 0 Å². The highest BCUT2D eigenvalue weighted by molar-refractivity contribution is 5.87. The quantitative estimate of drug-likeness (QED) is 0.659. The summed E-state index contributed by atoms with van der Waals surface area (Å²) in [6, 6.07) is 0.960. The third-order valence-electron chi connectivity index (χ3n) is 3.46. The molecular weight excluding hydrogens is 188 g/mol. The number of likely N-dealkylation sites (N-methyl/N-ethyl adjacent to an activating group) is 1. The monoisotopic (exact) mass is 210 g/mol. The standard InChI is InChI=1S/C12H22N2O/c1-5-12(15)13(4)11-7-8-14(6-2)10(3)9-11/h5,10-11H,1,6-9H2,2-4H3. The van der Waals surface area contributed by atoms with Crippen LogP contribution < -0.4 is 0 Å². The predicted molar refractivity (Wildman–Crippen MR) is 62.7 cm³/mol. The zero-order valence-corrected chi connectivity index (χ0v) is 10.1. The Morgan fingerprint density at radius 1 is 1.67 bits per heavy atom. The molecule has 1 heterocycles. The Bertz CT molecular complexity index is 240. The van der Waals surface area contributed by atoms with Crippen LogP contribution in [0.1, 0.15) is 26.7 Å². The van der Waals surface area contributed by atoms with Gasteiger partial charge in [-0.3, -0.25) is 4.79 Å². The first-order valence-electron chi connectivity index (χ1n) is 5.73. The number of amides is 1. The van der Waals surface area contributed by atoms with E-state index in [9.17, 15) is 4.79 Å². The van der Waals surface area contributed by atoms with Gasteiger partial charge in [0, 0.05) is 25.7 Å². The molecule has 0 aliphatic carbocycles. The molecule has 86 valence electrons. The predicted octanol–water partition coefficient (Wildman–Crippen LogP) is 1.50. The minimum Gasteiger partial charge on any atom is -0.339 e. The molecule has 15 heavy (non-hydrogen) atoms. The van der Waals surface area contributed by atoms with E-state index >= 15 is 0 Å². The van der Waals surface area contributed by atoms with Gasteiger partial charge < -0.3 is 9.80 Å². The Labute approximate surface area is 92.7 Å². The van der Waals surface area contributed by atoms with Gasteiger partial charge in [-0.05, 0) is 32.4 Å². The van der Waals surface area contributed by atoms with Crippen LogP contribution in [0, 0.1) is 0 Å². The molecule has 0 radical (unpaired) electrons. The Morgan fingerprint density at radius 2 is 2.33 bits per heavy atom. The summed E-state index contributed by atoms with van der Waals surface area (Å²) in [6.45, 7) is 10.2. The van der Waals surface area contributed by atoms with Gasteiger partial charge in [0.25, 0.3) is 0 Å². The fraction of sp³-hybridized carbons (Fsp3) is 0.750. The molecule has 1 aliphatic heterocycles. The molecule has 0 aromatic rings. The average Bonchev–Trinajstić information content (AvgIpc) is 2.26. The normalized spacial score (nSPS) is 27.4. The van der Waals surface area contributed by atoms with Crippen molar-refractivity contribution in [3.63, 3.8) is 0 Å². The molecule has 2 atom stereocenters. The van der Waals surface area contributed by atoms with Crippen molar-refractivity contribution < 1.29 is 4.79 Å². The topological polar surface area (TPSA) is 23.6 Å². The molecule has 3 heteroatoms. The fourth-order valence-electron chi connectivity index (χ4n) is 2.34. The number of carbonyl (C=O) groups is 1. The molecule has 0 bridgehead atoms. The minimum atomic E-state index is 0.0390. The van der Waals surface area contributed by atoms with Crippen molar-refractivity contribution >= 4 is 5.91 Å². The summed E-state index contributed by atoms with van der Waals surface area (Å²) >= 11 is 0. The van der Waals surface area contributed by atoms with E-state index in [2.05, 4.69) is 25.3 Å². The number of rotatable bonds is 3. The van der Waals surface area contributed by atoms with Crippen molar-refractivity contribution in [3.05, 3.63) is 12.7 Å². The van der Waals surface area contributed by atoms with E-state index in [-0.39, 0.29) is 5.91 Å². The van der Waals surface area contributed by atoms with Crippen LogP contribution in [0.15, 0.2) is 12.7 Å².